The van der Waals surface area contributed by atoms with Crippen molar-refractivity contribution in [1.82, 2.24) is 5.32 Å². The van der Waals surface area contributed by atoms with Crippen LogP contribution in [0, 0.1) is 5.92 Å². The molecular formula is C12H23NO3S. The molecule has 1 unspecified atom stereocenters. The van der Waals surface area contributed by atoms with Gasteiger partial charge in [-0.05, 0) is 25.2 Å². The lowest BCUT2D eigenvalue weighted by Gasteiger charge is -2.08. The molecule has 0 saturated carbocycles. The van der Waals surface area contributed by atoms with Gasteiger partial charge in [-0.2, -0.15) is 0 Å². The molecule has 1 aliphatic rings. The third-order valence-corrected chi connectivity index (χ3v) is 5.05. The number of nitrogens with one attached hydrogen (secondary N) is 1. The second-order valence-electron chi connectivity index (χ2n) is 4.86. The molecule has 1 rings (SSSR count). The van der Waals surface area contributed by atoms with Gasteiger partial charge in [0.25, 0.3) is 0 Å². The van der Waals surface area contributed by atoms with Crippen molar-refractivity contribution in [2.75, 3.05) is 18.1 Å². The molecule has 0 spiro atoms. The number of hydrogen-bond donors (Lipinski definition) is 1. The van der Waals surface area contributed by atoms with Crippen LogP contribution in [0.25, 0.3) is 0 Å². The number of carbonyl (C=O) groups is 1. The van der Waals surface area contributed by atoms with Gasteiger partial charge in [-0.1, -0.05) is 19.8 Å². The second-order valence-corrected chi connectivity index (χ2v) is 7.09. The first-order chi connectivity index (χ1) is 8.03. The van der Waals surface area contributed by atoms with Crippen LogP contribution in [-0.4, -0.2) is 32.4 Å². The molecule has 5 heteroatoms. The quantitative estimate of drug-likeness (QED) is 0.707. The van der Waals surface area contributed by atoms with E-state index in [-0.39, 0.29) is 17.6 Å². The zero-order chi connectivity index (χ0) is 12.7. The van der Waals surface area contributed by atoms with Crippen molar-refractivity contribution in [2.45, 2.75) is 45.4 Å². The Kier molecular flexibility index (Phi) is 5.95. The van der Waals surface area contributed by atoms with Crippen LogP contribution in [0.15, 0.2) is 0 Å². The summed E-state index contributed by atoms with van der Waals surface area (Å²) >= 11 is 0. The van der Waals surface area contributed by atoms with Crippen molar-refractivity contribution < 1.29 is 13.2 Å². The Hall–Kier alpha value is -0.580. The molecule has 0 bridgehead atoms. The molecule has 0 aromatic heterocycles. The maximum atomic E-state index is 11.5. The van der Waals surface area contributed by atoms with E-state index >= 15 is 0 Å². The molecule has 1 N–H and O–H groups in total. The molecule has 0 radical (unpaired) electrons. The summed E-state index contributed by atoms with van der Waals surface area (Å²) in [6.45, 7) is 2.87. The Labute approximate surface area is 104 Å². The summed E-state index contributed by atoms with van der Waals surface area (Å²) in [5, 5.41) is 2.87. The largest absolute Gasteiger partial charge is 0.356 e. The SMILES string of the molecule is CCCCCNC(=O)CCC1CCS(=O)(=O)C1. The molecule has 4 nitrogen and oxygen atoms in total. The number of unbranched alkanes of at least 4 members (excludes halogenated alkanes) is 2. The average Bonchev–Trinajstić information content (AvgIpc) is 2.62. The first-order valence-corrected chi connectivity index (χ1v) is 8.33. The molecule has 1 amide bonds. The van der Waals surface area contributed by atoms with E-state index < -0.39 is 9.84 Å². The standard InChI is InChI=1S/C12H23NO3S/c1-2-3-4-8-13-12(14)6-5-11-7-9-17(15,16)10-11/h11H,2-10H2,1H3,(H,13,14). The highest BCUT2D eigenvalue weighted by Gasteiger charge is 2.27. The summed E-state index contributed by atoms with van der Waals surface area (Å²) in [6.07, 6.45) is 5.22. The number of carbonyl (C=O) groups excluding carboxylic acids is 1. The van der Waals surface area contributed by atoms with Gasteiger partial charge in [-0.25, -0.2) is 8.42 Å². The highest BCUT2D eigenvalue weighted by molar-refractivity contribution is 7.91. The Balaban J connectivity index is 2.08. The number of amides is 1. The second kappa shape index (κ2) is 6.99. The summed E-state index contributed by atoms with van der Waals surface area (Å²) < 4.78 is 22.5. The van der Waals surface area contributed by atoms with Crippen molar-refractivity contribution in [3.8, 4) is 0 Å². The summed E-state index contributed by atoms with van der Waals surface area (Å²) in [7, 11) is -2.80. The smallest absolute Gasteiger partial charge is 0.220 e. The predicted molar refractivity (Wildman–Crippen MR) is 68.5 cm³/mol. The molecule has 1 saturated heterocycles. The first kappa shape index (κ1) is 14.5. The van der Waals surface area contributed by atoms with E-state index in [9.17, 15) is 13.2 Å². The fourth-order valence-corrected chi connectivity index (χ4v) is 4.04. The van der Waals surface area contributed by atoms with Gasteiger partial charge in [-0.15, -0.1) is 0 Å². The summed E-state index contributed by atoms with van der Waals surface area (Å²) in [5.41, 5.74) is 0. The Morgan fingerprint density at radius 1 is 1.35 bits per heavy atom. The van der Waals surface area contributed by atoms with Gasteiger partial charge in [0.05, 0.1) is 11.5 Å². The molecule has 0 aromatic carbocycles. The van der Waals surface area contributed by atoms with Gasteiger partial charge in [-0.3, -0.25) is 4.79 Å². The number of sulfone groups is 1. The lowest BCUT2D eigenvalue weighted by atomic mass is 10.0. The van der Waals surface area contributed by atoms with Crippen molar-refractivity contribution >= 4 is 15.7 Å². The Bertz CT molecular complexity index is 338. The number of hydrogen-bond acceptors (Lipinski definition) is 3. The average molecular weight is 261 g/mol. The van der Waals surface area contributed by atoms with Gasteiger partial charge in [0.1, 0.15) is 0 Å². The fraction of sp³-hybridized carbons (Fsp3) is 0.917. The van der Waals surface area contributed by atoms with E-state index in [2.05, 4.69) is 12.2 Å². The summed E-state index contributed by atoms with van der Waals surface area (Å²) in [4.78, 5) is 11.5. The van der Waals surface area contributed by atoms with Crippen LogP contribution in [-0.2, 0) is 14.6 Å². The summed E-state index contributed by atoms with van der Waals surface area (Å²) in [5.74, 6) is 0.832. The van der Waals surface area contributed by atoms with Crippen molar-refractivity contribution in [3.63, 3.8) is 0 Å². The van der Waals surface area contributed by atoms with Crippen LogP contribution in [0.4, 0.5) is 0 Å². The minimum absolute atomic E-state index is 0.0606. The van der Waals surface area contributed by atoms with Gasteiger partial charge in [0, 0.05) is 13.0 Å². The topological polar surface area (TPSA) is 63.2 Å². The van der Waals surface area contributed by atoms with Crippen LogP contribution in [0.1, 0.15) is 45.4 Å². The minimum Gasteiger partial charge on any atom is -0.356 e. The molecule has 100 valence electrons. The maximum absolute atomic E-state index is 11.5. The lowest BCUT2D eigenvalue weighted by molar-refractivity contribution is -0.121. The molecule has 17 heavy (non-hydrogen) atoms. The van der Waals surface area contributed by atoms with Crippen molar-refractivity contribution in [3.05, 3.63) is 0 Å². The molecule has 1 heterocycles. The third kappa shape index (κ3) is 6.05. The Morgan fingerprint density at radius 2 is 2.12 bits per heavy atom. The molecule has 1 fully saturated rings. The highest BCUT2D eigenvalue weighted by atomic mass is 32.2. The van der Waals surface area contributed by atoms with Crippen LogP contribution in [0.2, 0.25) is 0 Å². The zero-order valence-corrected chi connectivity index (χ0v) is 11.4. The molecular weight excluding hydrogens is 238 g/mol. The van der Waals surface area contributed by atoms with Crippen LogP contribution >= 0.6 is 0 Å². The van der Waals surface area contributed by atoms with Crippen LogP contribution in [0.3, 0.4) is 0 Å². The lowest BCUT2D eigenvalue weighted by Crippen LogP contribution is -2.24. The van der Waals surface area contributed by atoms with E-state index in [1.54, 1.807) is 0 Å². The predicted octanol–water partition coefficient (Wildman–Crippen LogP) is 1.51. The highest BCUT2D eigenvalue weighted by Crippen LogP contribution is 2.22. The van der Waals surface area contributed by atoms with E-state index in [1.807, 2.05) is 0 Å². The van der Waals surface area contributed by atoms with E-state index in [1.165, 1.54) is 0 Å². The maximum Gasteiger partial charge on any atom is 0.220 e. The molecule has 0 aliphatic carbocycles. The van der Waals surface area contributed by atoms with E-state index in [0.717, 1.165) is 32.2 Å². The van der Waals surface area contributed by atoms with Crippen LogP contribution < -0.4 is 5.32 Å². The number of rotatable bonds is 7. The van der Waals surface area contributed by atoms with Crippen molar-refractivity contribution in [1.29, 1.82) is 0 Å². The van der Waals surface area contributed by atoms with Crippen LogP contribution in [0.5, 0.6) is 0 Å². The van der Waals surface area contributed by atoms with Gasteiger partial charge >= 0.3 is 0 Å². The first-order valence-electron chi connectivity index (χ1n) is 6.50. The normalized spacial score (nSPS) is 22.5. The third-order valence-electron chi connectivity index (χ3n) is 3.21. The molecule has 1 atom stereocenters. The van der Waals surface area contributed by atoms with E-state index in [4.69, 9.17) is 0 Å². The Morgan fingerprint density at radius 3 is 2.71 bits per heavy atom. The van der Waals surface area contributed by atoms with Gasteiger partial charge < -0.3 is 5.32 Å². The van der Waals surface area contributed by atoms with Gasteiger partial charge in [0.2, 0.25) is 5.91 Å². The van der Waals surface area contributed by atoms with Gasteiger partial charge in [0.15, 0.2) is 9.84 Å². The van der Waals surface area contributed by atoms with Crippen molar-refractivity contribution in [2.24, 2.45) is 5.92 Å². The fourth-order valence-electron chi connectivity index (χ4n) is 2.13. The zero-order valence-electron chi connectivity index (χ0n) is 10.6. The van der Waals surface area contributed by atoms with E-state index in [0.29, 0.717) is 18.6 Å². The molecule has 0 aromatic rings. The minimum atomic E-state index is -2.80. The monoisotopic (exact) mass is 261 g/mol. The summed E-state index contributed by atoms with van der Waals surface area (Å²) in [6, 6.07) is 0. The molecule has 1 aliphatic heterocycles.